The molecule has 2 rings (SSSR count). The van der Waals surface area contributed by atoms with Gasteiger partial charge in [-0.05, 0) is 34.0 Å². The van der Waals surface area contributed by atoms with Crippen LogP contribution in [0, 0.1) is 22.7 Å². The maximum absolute atomic E-state index is 10.6. The summed E-state index contributed by atoms with van der Waals surface area (Å²) in [5.41, 5.74) is 10.7. The first-order chi connectivity index (χ1) is 22.4. The van der Waals surface area contributed by atoms with Gasteiger partial charge < -0.3 is 19.8 Å². The summed E-state index contributed by atoms with van der Waals surface area (Å²) >= 11 is 0. The first-order valence-electron chi connectivity index (χ1n) is 18.9. The molecule has 0 amide bonds. The molecule has 0 fully saturated rings. The molecule has 0 aromatic heterocycles. The Balaban J connectivity index is -0.000000189. The monoisotopic (exact) mass is 988 g/mol. The van der Waals surface area contributed by atoms with Gasteiger partial charge in [-0.15, -0.1) is 0 Å². The predicted octanol–water partition coefficient (Wildman–Crippen LogP) is 10.6. The van der Waals surface area contributed by atoms with Gasteiger partial charge in [0.15, 0.2) is 0 Å². The fraction of sp³-hybridized carbons (Fsp3) is 0.600. The number of aromatic carboxylic acids is 2. The van der Waals surface area contributed by atoms with Gasteiger partial charge in [-0.2, -0.15) is 0 Å². The third-order valence-corrected chi connectivity index (χ3v) is 33.5. The van der Waals surface area contributed by atoms with Crippen LogP contribution in [0.2, 0.25) is 157 Å². The van der Waals surface area contributed by atoms with Gasteiger partial charge in [-0.3, -0.25) is 0 Å². The van der Waals surface area contributed by atoms with Crippen LogP contribution in [-0.4, -0.2) is 116 Å². The van der Waals surface area contributed by atoms with Crippen molar-refractivity contribution in [3.63, 3.8) is 0 Å². The Morgan fingerprint density at radius 2 is 0.500 bits per heavy atom. The largest absolute Gasteiger partial charge is 0.545 e. The van der Waals surface area contributed by atoms with E-state index in [0.717, 1.165) is 0 Å². The van der Waals surface area contributed by atoms with E-state index in [1.807, 2.05) is 0 Å². The second-order valence-electron chi connectivity index (χ2n) is 22.9. The van der Waals surface area contributed by atoms with Crippen LogP contribution in [0.4, 0.5) is 0 Å². The molecule has 4 nitrogen and oxygen atoms in total. The Labute approximate surface area is 370 Å². The van der Waals surface area contributed by atoms with E-state index in [4.69, 9.17) is 0 Å². The normalized spacial score (nSPS) is 12.4. The summed E-state index contributed by atoms with van der Waals surface area (Å²) in [6.07, 6.45) is 0. The molecular formula is C40H82Ga2O4Si8-2. The third-order valence-electron chi connectivity index (χ3n) is 5.78. The van der Waals surface area contributed by atoms with E-state index >= 15 is 0 Å². The van der Waals surface area contributed by atoms with Crippen LogP contribution in [-0.2, 0) is 0 Å². The van der Waals surface area contributed by atoms with E-state index in [1.54, 1.807) is 0 Å². The molecular weight excluding hydrogens is 909 g/mol. The van der Waals surface area contributed by atoms with Crippen molar-refractivity contribution in [2.75, 3.05) is 0 Å². The average Bonchev–Trinajstić information content (AvgIpc) is 2.75. The van der Waals surface area contributed by atoms with E-state index in [2.05, 4.69) is 180 Å². The van der Waals surface area contributed by atoms with Gasteiger partial charge in [0.25, 0.3) is 0 Å². The van der Waals surface area contributed by atoms with E-state index in [9.17, 15) is 19.8 Å². The number of rotatable bonds is 10. The van der Waals surface area contributed by atoms with E-state index in [-0.39, 0.29) is 50.7 Å². The van der Waals surface area contributed by atoms with E-state index in [1.165, 1.54) is 36.4 Å². The Kier molecular flexibility index (Phi) is 29.9. The van der Waals surface area contributed by atoms with Crippen LogP contribution < -0.4 is 10.2 Å². The SMILES string of the molecule is C[Si](C)(C)[CH][Si](C)(C)C.C[Si](C)(C)[CH][Si](C)(C)C.C[Si](C)(C)[CH][Si](C)(C)C.C[Si](C)(C)[CH][Si](C)(C)C.O=C([O-])c1ccc2cc(C(=O)[O-])ccc2c1.[Ga].[Ga]. The molecule has 2 aromatic rings. The van der Waals surface area contributed by atoms with Gasteiger partial charge in [0.2, 0.25) is 0 Å². The van der Waals surface area contributed by atoms with Gasteiger partial charge in [0.05, 0.1) is 11.9 Å². The van der Waals surface area contributed by atoms with Crippen molar-refractivity contribution >= 4 is 127 Å². The smallest absolute Gasteiger partial charge is 0.0715 e. The maximum atomic E-state index is 10.6. The van der Waals surface area contributed by atoms with Crippen LogP contribution in [0.3, 0.4) is 0 Å². The van der Waals surface area contributed by atoms with Crippen molar-refractivity contribution in [2.24, 2.45) is 0 Å². The zero-order valence-electron chi connectivity index (χ0n) is 39.6. The molecule has 14 heteroatoms. The molecule has 0 N–H and O–H groups in total. The van der Waals surface area contributed by atoms with Crippen molar-refractivity contribution in [2.45, 2.75) is 157 Å². The molecule has 0 atom stereocenters. The van der Waals surface area contributed by atoms with Crippen molar-refractivity contribution in [3.05, 3.63) is 70.2 Å². The molecule has 0 aliphatic rings. The summed E-state index contributed by atoms with van der Waals surface area (Å²) < 4.78 is 0. The number of hydrogen-bond acceptors (Lipinski definition) is 4. The molecule has 306 valence electrons. The average molecular weight is 991 g/mol. The number of carboxylic acids is 2. The predicted molar refractivity (Wildman–Crippen MR) is 268 cm³/mol. The van der Waals surface area contributed by atoms with Gasteiger partial charge in [-0.1, -0.05) is 204 Å². The molecule has 0 bridgehead atoms. The minimum atomic E-state index is -1.26. The summed E-state index contributed by atoms with van der Waals surface area (Å²) in [5, 5.41) is 22.5. The zero-order chi connectivity index (χ0) is 42.5. The number of carbonyl (C=O) groups excluding carboxylic acids is 2. The second-order valence-corrected chi connectivity index (χ2v) is 65.3. The zero-order valence-corrected chi connectivity index (χ0v) is 52.4. The van der Waals surface area contributed by atoms with Crippen molar-refractivity contribution < 1.29 is 19.8 Å². The molecule has 10 radical (unpaired) electrons. The Morgan fingerprint density at radius 1 is 0.352 bits per heavy atom. The first-order valence-corrected chi connectivity index (χ1v) is 47.5. The molecule has 0 aliphatic carbocycles. The van der Waals surface area contributed by atoms with Crippen LogP contribution in [0.25, 0.3) is 10.8 Å². The Bertz CT molecular complexity index is 1160. The van der Waals surface area contributed by atoms with E-state index < -0.39 is 76.5 Å². The number of benzene rings is 2. The van der Waals surface area contributed by atoms with Crippen molar-refractivity contribution in [3.8, 4) is 0 Å². The molecule has 54 heavy (non-hydrogen) atoms. The summed E-state index contributed by atoms with van der Waals surface area (Å²) in [4.78, 5) is 21.2. The summed E-state index contributed by atoms with van der Waals surface area (Å²) in [6.45, 7) is 57.8. The van der Waals surface area contributed by atoms with Crippen LogP contribution in [0.5, 0.6) is 0 Å². The van der Waals surface area contributed by atoms with Crippen LogP contribution in [0.15, 0.2) is 36.4 Å². The Hall–Kier alpha value is 0.648. The number of carboxylic acid groups (broad SMARTS) is 2. The molecule has 0 spiro atoms. The quantitative estimate of drug-likeness (QED) is 0.222. The van der Waals surface area contributed by atoms with Crippen LogP contribution in [0.1, 0.15) is 20.7 Å². The minimum Gasteiger partial charge on any atom is -0.545 e. The van der Waals surface area contributed by atoms with Crippen molar-refractivity contribution in [1.29, 1.82) is 0 Å². The maximum Gasteiger partial charge on any atom is 0.0715 e. The molecule has 0 unspecified atom stereocenters. The minimum absolute atomic E-state index is 0. The van der Waals surface area contributed by atoms with Crippen LogP contribution >= 0.6 is 0 Å². The van der Waals surface area contributed by atoms with Crippen molar-refractivity contribution in [1.82, 2.24) is 0 Å². The third kappa shape index (κ3) is 47.0. The van der Waals surface area contributed by atoms with Gasteiger partial charge in [0, 0.05) is 104 Å². The van der Waals surface area contributed by atoms with E-state index in [0.29, 0.717) is 10.8 Å². The van der Waals surface area contributed by atoms with Gasteiger partial charge >= 0.3 is 0 Å². The molecule has 0 aliphatic heterocycles. The molecule has 2 aromatic carbocycles. The number of fused-ring (bicyclic) bond motifs is 1. The first kappa shape index (κ1) is 63.8. The summed E-state index contributed by atoms with van der Waals surface area (Å²) in [5.74, 6) is -2.52. The standard InChI is InChI=1S/C12H8O4.4C7H19Si2.2Ga/c13-11(14)9-3-1-7-5-10(12(15)16)4-2-8(7)6-9;4*1-8(2,3)7-9(4,5)6;;/h1-6H,(H,13,14)(H,15,16);4*7H,1-6H3;;/p-2. The molecule has 0 saturated carbocycles. The fourth-order valence-electron chi connectivity index (χ4n) is 6.70. The van der Waals surface area contributed by atoms with Gasteiger partial charge in [0.1, 0.15) is 0 Å². The second kappa shape index (κ2) is 25.3. The molecule has 0 saturated heterocycles. The fourth-order valence-corrected chi connectivity index (χ4v) is 48.3. The summed E-state index contributed by atoms with van der Waals surface area (Å²) in [6, 6.07) is 8.68. The topological polar surface area (TPSA) is 80.3 Å². The summed E-state index contributed by atoms with van der Waals surface area (Å²) in [7, 11) is -6.85. The molecule has 0 heterocycles. The number of carbonyl (C=O) groups is 2. The Morgan fingerprint density at radius 3 is 0.593 bits per heavy atom. The van der Waals surface area contributed by atoms with Gasteiger partial charge in [-0.25, -0.2) is 0 Å². The number of hydrogen-bond donors (Lipinski definition) is 0.